The van der Waals surface area contributed by atoms with E-state index in [-0.39, 0.29) is 38.0 Å². The highest BCUT2D eigenvalue weighted by Gasteiger charge is 2.43. The van der Waals surface area contributed by atoms with Gasteiger partial charge in [-0.1, -0.05) is 60.7 Å². The third-order valence-corrected chi connectivity index (χ3v) is 5.35. The monoisotopic (exact) mass is 434 g/mol. The number of amides is 1. The number of carbonyl (C=O) groups is 2. The molecule has 5 nitrogen and oxygen atoms in total. The number of ether oxygens (including phenoxy) is 1. The Bertz CT molecular complexity index is 812. The Morgan fingerprint density at radius 3 is 1.87 bits per heavy atom. The second kappa shape index (κ2) is 10.4. The van der Waals surface area contributed by atoms with Gasteiger partial charge in [-0.2, -0.15) is 13.2 Å². The minimum absolute atomic E-state index is 0.0103. The molecule has 0 radical (unpaired) electrons. The fraction of sp³-hybridized carbons (Fsp3) is 0.391. The maximum Gasteiger partial charge on any atom is 0.471 e. The first-order valence-corrected chi connectivity index (χ1v) is 10.2. The molecule has 0 aliphatic carbocycles. The average Bonchev–Trinajstić information content (AvgIpc) is 2.78. The van der Waals surface area contributed by atoms with Crippen molar-refractivity contribution in [3.05, 3.63) is 71.8 Å². The van der Waals surface area contributed by atoms with Crippen LogP contribution in [0.25, 0.3) is 0 Å². The summed E-state index contributed by atoms with van der Waals surface area (Å²) in [6.07, 6.45) is -4.65. The zero-order chi connectivity index (χ0) is 22.3. The zero-order valence-electron chi connectivity index (χ0n) is 17.1. The molecular formula is C23H25F3N2O3. The smallest absolute Gasteiger partial charge is 0.464 e. The third-order valence-electron chi connectivity index (χ3n) is 5.35. The number of alkyl halides is 3. The Hall–Kier alpha value is -2.87. The molecule has 2 aromatic carbocycles. The summed E-state index contributed by atoms with van der Waals surface area (Å²) in [5.74, 6) is -2.25. The molecular weight excluding hydrogens is 409 g/mol. The van der Waals surface area contributed by atoms with Gasteiger partial charge in [-0.15, -0.1) is 0 Å². The van der Waals surface area contributed by atoms with Crippen molar-refractivity contribution in [1.82, 2.24) is 9.80 Å². The van der Waals surface area contributed by atoms with Crippen LogP contribution in [0.3, 0.4) is 0 Å². The highest BCUT2D eigenvalue weighted by Crippen LogP contribution is 2.28. The predicted molar refractivity (Wildman–Crippen MR) is 109 cm³/mol. The molecule has 31 heavy (non-hydrogen) atoms. The van der Waals surface area contributed by atoms with Crippen LogP contribution in [0.5, 0.6) is 0 Å². The number of piperazine rings is 1. The zero-order valence-corrected chi connectivity index (χ0v) is 17.1. The molecule has 2 aromatic rings. The van der Waals surface area contributed by atoms with Gasteiger partial charge in [-0.05, 0) is 11.1 Å². The van der Waals surface area contributed by atoms with Crippen LogP contribution < -0.4 is 0 Å². The molecule has 0 saturated carbocycles. The molecule has 1 heterocycles. The minimum atomic E-state index is -4.84. The van der Waals surface area contributed by atoms with Crippen molar-refractivity contribution < 1.29 is 27.5 Å². The summed E-state index contributed by atoms with van der Waals surface area (Å²) in [4.78, 5) is 26.5. The Balaban J connectivity index is 1.47. The lowest BCUT2D eigenvalue weighted by Crippen LogP contribution is -2.52. The number of benzene rings is 2. The molecule has 166 valence electrons. The third kappa shape index (κ3) is 6.55. The summed E-state index contributed by atoms with van der Waals surface area (Å²) < 4.78 is 42.9. The van der Waals surface area contributed by atoms with E-state index in [0.29, 0.717) is 19.6 Å². The molecule has 0 bridgehead atoms. The van der Waals surface area contributed by atoms with Gasteiger partial charge < -0.3 is 9.64 Å². The second-order valence-corrected chi connectivity index (χ2v) is 7.43. The Kier molecular flexibility index (Phi) is 7.68. The molecule has 1 aliphatic rings. The van der Waals surface area contributed by atoms with Crippen molar-refractivity contribution in [2.75, 3.05) is 39.3 Å². The number of carbonyl (C=O) groups excluding carboxylic acids is 2. The second-order valence-electron chi connectivity index (χ2n) is 7.43. The lowest BCUT2D eigenvalue weighted by molar-refractivity contribution is -0.187. The van der Waals surface area contributed by atoms with Gasteiger partial charge in [0.05, 0.1) is 6.42 Å². The minimum Gasteiger partial charge on any atom is -0.464 e. The Labute approximate surface area is 179 Å². The highest BCUT2D eigenvalue weighted by atomic mass is 19.4. The van der Waals surface area contributed by atoms with Gasteiger partial charge in [-0.25, -0.2) is 0 Å². The molecule has 0 atom stereocenters. The van der Waals surface area contributed by atoms with E-state index in [9.17, 15) is 22.8 Å². The molecule has 1 aliphatic heterocycles. The van der Waals surface area contributed by atoms with Gasteiger partial charge in [-0.3, -0.25) is 14.5 Å². The highest BCUT2D eigenvalue weighted by molar-refractivity contribution is 5.82. The van der Waals surface area contributed by atoms with E-state index in [0.717, 1.165) is 16.0 Å². The molecule has 0 spiro atoms. The van der Waals surface area contributed by atoms with Gasteiger partial charge in [0.25, 0.3) is 0 Å². The van der Waals surface area contributed by atoms with Crippen LogP contribution in [0.2, 0.25) is 0 Å². The van der Waals surface area contributed by atoms with E-state index >= 15 is 0 Å². The van der Waals surface area contributed by atoms with Crippen molar-refractivity contribution in [2.24, 2.45) is 0 Å². The largest absolute Gasteiger partial charge is 0.471 e. The lowest BCUT2D eigenvalue weighted by atomic mass is 9.89. The summed E-state index contributed by atoms with van der Waals surface area (Å²) in [5.41, 5.74) is 2.05. The van der Waals surface area contributed by atoms with Crippen LogP contribution in [0.1, 0.15) is 23.5 Å². The van der Waals surface area contributed by atoms with Crippen molar-refractivity contribution in [2.45, 2.75) is 18.5 Å². The molecule has 0 aromatic heterocycles. The Morgan fingerprint density at radius 2 is 1.39 bits per heavy atom. The lowest BCUT2D eigenvalue weighted by Gasteiger charge is -2.34. The van der Waals surface area contributed by atoms with Gasteiger partial charge >= 0.3 is 18.1 Å². The number of hydrogen-bond acceptors (Lipinski definition) is 4. The number of halogens is 3. The van der Waals surface area contributed by atoms with E-state index in [2.05, 4.69) is 0 Å². The maximum atomic E-state index is 12.5. The number of nitrogens with zero attached hydrogens (tertiary/aromatic N) is 2. The summed E-state index contributed by atoms with van der Waals surface area (Å²) >= 11 is 0. The SMILES string of the molecule is O=C(CC(c1ccccc1)c1ccccc1)OCCN1CCN(C(=O)C(F)(F)F)CC1. The first kappa shape index (κ1) is 22.8. The van der Waals surface area contributed by atoms with Gasteiger partial charge in [0.1, 0.15) is 6.61 Å². The average molecular weight is 434 g/mol. The fourth-order valence-electron chi connectivity index (χ4n) is 3.67. The van der Waals surface area contributed by atoms with Crippen LogP contribution in [0.15, 0.2) is 60.7 Å². The van der Waals surface area contributed by atoms with Crippen molar-refractivity contribution in [3.63, 3.8) is 0 Å². The van der Waals surface area contributed by atoms with E-state index in [4.69, 9.17) is 4.74 Å². The molecule has 1 amide bonds. The normalized spacial score (nSPS) is 15.2. The summed E-state index contributed by atoms with van der Waals surface area (Å²) in [6, 6.07) is 19.5. The van der Waals surface area contributed by atoms with Crippen molar-refractivity contribution >= 4 is 11.9 Å². The maximum absolute atomic E-state index is 12.5. The quantitative estimate of drug-likeness (QED) is 0.627. The molecule has 1 saturated heterocycles. The van der Waals surface area contributed by atoms with E-state index in [1.807, 2.05) is 65.6 Å². The molecule has 3 rings (SSSR count). The van der Waals surface area contributed by atoms with E-state index < -0.39 is 12.1 Å². The van der Waals surface area contributed by atoms with E-state index in [1.54, 1.807) is 0 Å². The molecule has 0 N–H and O–H groups in total. The van der Waals surface area contributed by atoms with Crippen LogP contribution in [0.4, 0.5) is 13.2 Å². The standard InChI is InChI=1S/C23H25F3N2O3/c24-23(25,26)22(30)28-13-11-27(12-14-28)15-16-31-21(29)17-20(18-7-3-1-4-8-18)19-9-5-2-6-10-19/h1-10,20H,11-17H2. The van der Waals surface area contributed by atoms with Crippen LogP contribution in [-0.2, 0) is 14.3 Å². The predicted octanol–water partition coefficient (Wildman–Crippen LogP) is 3.46. The molecule has 0 unspecified atom stereocenters. The van der Waals surface area contributed by atoms with Crippen LogP contribution in [0, 0.1) is 0 Å². The van der Waals surface area contributed by atoms with E-state index in [1.165, 1.54) is 0 Å². The van der Waals surface area contributed by atoms with Crippen molar-refractivity contribution in [1.29, 1.82) is 0 Å². The van der Waals surface area contributed by atoms with Crippen LogP contribution in [-0.4, -0.2) is 67.2 Å². The van der Waals surface area contributed by atoms with Gasteiger partial charge in [0.2, 0.25) is 0 Å². The van der Waals surface area contributed by atoms with Crippen LogP contribution >= 0.6 is 0 Å². The van der Waals surface area contributed by atoms with Gasteiger partial charge in [0, 0.05) is 38.6 Å². The Morgan fingerprint density at radius 1 is 0.871 bits per heavy atom. The van der Waals surface area contributed by atoms with Crippen molar-refractivity contribution in [3.8, 4) is 0 Å². The fourth-order valence-corrected chi connectivity index (χ4v) is 3.67. The number of esters is 1. The molecule has 8 heteroatoms. The summed E-state index contributed by atoms with van der Waals surface area (Å²) in [6.45, 7) is 1.22. The summed E-state index contributed by atoms with van der Waals surface area (Å²) in [7, 11) is 0. The van der Waals surface area contributed by atoms with Gasteiger partial charge in [0.15, 0.2) is 0 Å². The number of rotatable bonds is 7. The number of hydrogen-bond donors (Lipinski definition) is 0. The first-order chi connectivity index (χ1) is 14.8. The topological polar surface area (TPSA) is 49.9 Å². The first-order valence-electron chi connectivity index (χ1n) is 10.2. The summed E-state index contributed by atoms with van der Waals surface area (Å²) in [5, 5.41) is 0. The molecule has 1 fully saturated rings.